The van der Waals surface area contributed by atoms with Gasteiger partial charge in [0, 0.05) is 6.54 Å². The first kappa shape index (κ1) is 17.3. The van der Waals surface area contributed by atoms with E-state index in [0.717, 1.165) is 13.1 Å². The summed E-state index contributed by atoms with van der Waals surface area (Å²) in [6.45, 7) is 2.85. The zero-order chi connectivity index (χ0) is 13.5. The minimum absolute atomic E-state index is 0. The summed E-state index contributed by atoms with van der Waals surface area (Å²) in [6.07, 6.45) is 4.65. The van der Waals surface area contributed by atoms with Crippen molar-refractivity contribution >= 4 is 29.2 Å². The Morgan fingerprint density at radius 3 is 2.85 bits per heavy atom. The number of aliphatic hydroxyl groups is 1. The average molecular weight is 323 g/mol. The van der Waals surface area contributed by atoms with Gasteiger partial charge in [0.25, 0.3) is 0 Å². The van der Waals surface area contributed by atoms with Crippen LogP contribution >= 0.6 is 24.0 Å². The Bertz CT molecular complexity index is 392. The van der Waals surface area contributed by atoms with E-state index in [2.05, 4.69) is 10.1 Å². The molecule has 2 heterocycles. The zero-order valence-electron chi connectivity index (χ0n) is 11.2. The Labute approximate surface area is 129 Å². The quantitative estimate of drug-likeness (QED) is 0.645. The first-order chi connectivity index (χ1) is 9.25. The highest BCUT2D eigenvalue weighted by molar-refractivity contribution is 6.69. The van der Waals surface area contributed by atoms with E-state index in [1.54, 1.807) is 12.1 Å². The summed E-state index contributed by atoms with van der Waals surface area (Å²) in [7, 11) is 0. The maximum Gasteiger partial charge on any atom is 0.211 e. The Balaban J connectivity index is 0.00000200. The maximum atomic E-state index is 9.84. The molecule has 0 aromatic carbocycles. The molecule has 5 nitrogen and oxygen atoms in total. The largest absolute Gasteiger partial charge is 0.462 e. The maximum absolute atomic E-state index is 9.84. The SMILES string of the molecule is Cl.OC(CON=C(Cl)c1ccco1)CN1CCCCC1. The van der Waals surface area contributed by atoms with E-state index < -0.39 is 6.10 Å². The number of furan rings is 1. The number of hydrogen-bond donors (Lipinski definition) is 1. The molecule has 7 heteroatoms. The molecular weight excluding hydrogens is 303 g/mol. The molecule has 1 atom stereocenters. The average Bonchev–Trinajstić information content (AvgIpc) is 2.93. The van der Waals surface area contributed by atoms with E-state index >= 15 is 0 Å². The molecule has 1 aliphatic rings. The third-order valence-corrected chi connectivity index (χ3v) is 3.31. The van der Waals surface area contributed by atoms with Gasteiger partial charge in [0.2, 0.25) is 5.17 Å². The second-order valence-electron chi connectivity index (χ2n) is 4.67. The molecule has 0 spiro atoms. The van der Waals surface area contributed by atoms with Gasteiger partial charge in [-0.1, -0.05) is 23.2 Å². The number of likely N-dealkylation sites (tertiary alicyclic amines) is 1. The molecule has 0 aliphatic carbocycles. The molecule has 114 valence electrons. The molecule has 1 N–H and O–H groups in total. The van der Waals surface area contributed by atoms with Crippen molar-refractivity contribution in [2.45, 2.75) is 25.4 Å². The van der Waals surface area contributed by atoms with Crippen molar-refractivity contribution in [2.75, 3.05) is 26.2 Å². The lowest BCUT2D eigenvalue weighted by atomic mass is 10.1. The second-order valence-corrected chi connectivity index (χ2v) is 5.03. The smallest absolute Gasteiger partial charge is 0.211 e. The lowest BCUT2D eigenvalue weighted by Crippen LogP contribution is -2.38. The van der Waals surface area contributed by atoms with Gasteiger partial charge in [-0.2, -0.15) is 0 Å². The second kappa shape index (κ2) is 9.23. The summed E-state index contributed by atoms with van der Waals surface area (Å²) in [5.41, 5.74) is 0. The summed E-state index contributed by atoms with van der Waals surface area (Å²) in [5, 5.41) is 13.7. The minimum Gasteiger partial charge on any atom is -0.462 e. The monoisotopic (exact) mass is 322 g/mol. The highest BCUT2D eigenvalue weighted by Gasteiger charge is 2.15. The van der Waals surface area contributed by atoms with Gasteiger partial charge < -0.3 is 19.3 Å². The lowest BCUT2D eigenvalue weighted by molar-refractivity contribution is 0.0160. The fraction of sp³-hybridized carbons (Fsp3) is 0.615. The minimum atomic E-state index is -0.553. The van der Waals surface area contributed by atoms with Crippen molar-refractivity contribution < 1.29 is 14.4 Å². The van der Waals surface area contributed by atoms with Gasteiger partial charge >= 0.3 is 0 Å². The van der Waals surface area contributed by atoms with Crippen LogP contribution in [0.5, 0.6) is 0 Å². The van der Waals surface area contributed by atoms with Crippen LogP contribution in [0.3, 0.4) is 0 Å². The molecule has 2 rings (SSSR count). The Kier molecular flexibility index (Phi) is 7.99. The number of rotatable bonds is 6. The van der Waals surface area contributed by atoms with Gasteiger partial charge in [0.1, 0.15) is 12.7 Å². The number of aliphatic hydroxyl groups excluding tert-OH is 1. The van der Waals surface area contributed by atoms with Crippen LogP contribution in [0.25, 0.3) is 0 Å². The normalized spacial score (nSPS) is 18.4. The van der Waals surface area contributed by atoms with Gasteiger partial charge in [-0.25, -0.2) is 0 Å². The standard InChI is InChI=1S/C13H19ClN2O3.ClH/c14-13(12-5-4-8-18-12)15-19-10-11(17)9-16-6-2-1-3-7-16;/h4-5,8,11,17H,1-3,6-7,9-10H2;1H. The Hall–Kier alpha value is -0.750. The van der Waals surface area contributed by atoms with Crippen molar-refractivity contribution in [3.05, 3.63) is 24.2 Å². The number of piperidine rings is 1. The van der Waals surface area contributed by atoms with Gasteiger partial charge in [0.15, 0.2) is 5.76 Å². The zero-order valence-corrected chi connectivity index (χ0v) is 12.8. The summed E-state index contributed by atoms with van der Waals surface area (Å²) in [6, 6.07) is 3.41. The van der Waals surface area contributed by atoms with Crippen LogP contribution in [0.4, 0.5) is 0 Å². The summed E-state index contributed by atoms with van der Waals surface area (Å²) in [5.74, 6) is 0.451. The third-order valence-electron chi connectivity index (χ3n) is 3.05. The topological polar surface area (TPSA) is 58.2 Å². The van der Waals surface area contributed by atoms with E-state index in [1.807, 2.05) is 0 Å². The molecule has 0 saturated carbocycles. The van der Waals surface area contributed by atoms with Crippen LogP contribution in [0.1, 0.15) is 25.0 Å². The predicted molar refractivity (Wildman–Crippen MR) is 80.6 cm³/mol. The van der Waals surface area contributed by atoms with Crippen molar-refractivity contribution in [1.82, 2.24) is 4.90 Å². The molecule has 1 saturated heterocycles. The third kappa shape index (κ3) is 5.71. The van der Waals surface area contributed by atoms with E-state index in [9.17, 15) is 5.11 Å². The molecule has 0 amide bonds. The number of hydrogen-bond acceptors (Lipinski definition) is 5. The van der Waals surface area contributed by atoms with Crippen molar-refractivity contribution in [1.29, 1.82) is 0 Å². The van der Waals surface area contributed by atoms with Gasteiger partial charge in [-0.3, -0.25) is 0 Å². The molecule has 1 aromatic heterocycles. The van der Waals surface area contributed by atoms with Crippen LogP contribution in [0, 0.1) is 0 Å². The molecular formula is C13H20Cl2N2O3. The highest BCUT2D eigenvalue weighted by Crippen LogP contribution is 2.09. The van der Waals surface area contributed by atoms with Crippen LogP contribution in [0.2, 0.25) is 0 Å². The van der Waals surface area contributed by atoms with Gasteiger partial charge in [0.05, 0.1) is 6.26 Å². The van der Waals surface area contributed by atoms with Crippen LogP contribution < -0.4 is 0 Å². The van der Waals surface area contributed by atoms with E-state index in [0.29, 0.717) is 12.3 Å². The van der Waals surface area contributed by atoms with Crippen molar-refractivity contribution in [3.8, 4) is 0 Å². The van der Waals surface area contributed by atoms with E-state index in [4.69, 9.17) is 20.9 Å². The Morgan fingerprint density at radius 1 is 1.45 bits per heavy atom. The Morgan fingerprint density at radius 2 is 2.20 bits per heavy atom. The number of nitrogens with zero attached hydrogens (tertiary/aromatic N) is 2. The van der Waals surface area contributed by atoms with Crippen LogP contribution in [0.15, 0.2) is 28.0 Å². The summed E-state index contributed by atoms with van der Waals surface area (Å²) in [4.78, 5) is 7.29. The van der Waals surface area contributed by atoms with E-state index in [-0.39, 0.29) is 24.2 Å². The first-order valence-electron chi connectivity index (χ1n) is 6.55. The number of oxime groups is 1. The number of β-amino-alcohol motifs (C(OH)–C–C–N with tert-alkyl or cyclic N) is 1. The first-order valence-corrected chi connectivity index (χ1v) is 6.93. The van der Waals surface area contributed by atoms with Crippen LogP contribution in [-0.2, 0) is 4.84 Å². The summed E-state index contributed by atoms with van der Waals surface area (Å²) >= 11 is 5.86. The molecule has 1 aliphatic heterocycles. The van der Waals surface area contributed by atoms with Crippen LogP contribution in [-0.4, -0.2) is 47.5 Å². The molecule has 0 radical (unpaired) electrons. The predicted octanol–water partition coefficient (Wildman–Crippen LogP) is 2.47. The van der Waals surface area contributed by atoms with Gasteiger partial charge in [-0.05, 0) is 38.1 Å². The van der Waals surface area contributed by atoms with Crippen molar-refractivity contribution in [3.63, 3.8) is 0 Å². The molecule has 0 bridgehead atoms. The van der Waals surface area contributed by atoms with E-state index in [1.165, 1.54) is 25.5 Å². The molecule has 1 unspecified atom stereocenters. The highest BCUT2D eigenvalue weighted by atomic mass is 35.5. The summed E-state index contributed by atoms with van der Waals surface area (Å²) < 4.78 is 5.06. The molecule has 20 heavy (non-hydrogen) atoms. The van der Waals surface area contributed by atoms with Gasteiger partial charge in [-0.15, -0.1) is 12.4 Å². The molecule has 1 aromatic rings. The fourth-order valence-corrected chi connectivity index (χ4v) is 2.27. The van der Waals surface area contributed by atoms with Crippen molar-refractivity contribution in [2.24, 2.45) is 5.16 Å². The molecule has 1 fully saturated rings. The number of halogens is 2. The fourth-order valence-electron chi connectivity index (χ4n) is 2.11. The lowest BCUT2D eigenvalue weighted by Gasteiger charge is -2.27.